The molecule has 0 spiro atoms. The van der Waals surface area contributed by atoms with Crippen LogP contribution in [0.2, 0.25) is 10.0 Å². The topological polar surface area (TPSA) is 78.5 Å². The van der Waals surface area contributed by atoms with Gasteiger partial charge in [0.1, 0.15) is 4.90 Å². The lowest BCUT2D eigenvalue weighted by Gasteiger charge is -2.18. The van der Waals surface area contributed by atoms with Crippen LogP contribution in [0.4, 0.5) is 5.69 Å². The van der Waals surface area contributed by atoms with Gasteiger partial charge in [-0.05, 0) is 55.6 Å². The van der Waals surface area contributed by atoms with Crippen molar-refractivity contribution in [3.8, 4) is 0 Å². The molecular weight excluding hydrogens is 421 g/mol. The Bertz CT molecular complexity index is 915. The number of hydrogen-bond donors (Lipinski definition) is 2. The van der Waals surface area contributed by atoms with Gasteiger partial charge in [0.05, 0.1) is 5.02 Å². The molecule has 0 unspecified atom stereocenters. The summed E-state index contributed by atoms with van der Waals surface area (Å²) in [5.41, 5.74) is 0.763. The van der Waals surface area contributed by atoms with E-state index < -0.39 is 10.0 Å². The van der Waals surface area contributed by atoms with Gasteiger partial charge in [-0.15, -0.1) is 0 Å². The van der Waals surface area contributed by atoms with Crippen molar-refractivity contribution in [3.63, 3.8) is 0 Å². The van der Waals surface area contributed by atoms with Crippen molar-refractivity contribution in [2.24, 2.45) is 0 Å². The Morgan fingerprint density at radius 2 is 1.68 bits per heavy atom. The van der Waals surface area contributed by atoms with Crippen molar-refractivity contribution in [1.29, 1.82) is 0 Å². The maximum atomic E-state index is 12.5. The van der Waals surface area contributed by atoms with Crippen LogP contribution in [0.5, 0.6) is 0 Å². The first-order valence-electron chi connectivity index (χ1n) is 8.85. The minimum absolute atomic E-state index is 0.0705. The number of hydrogen-bond acceptors (Lipinski definition) is 4. The van der Waals surface area contributed by atoms with Crippen molar-refractivity contribution in [2.75, 3.05) is 30.9 Å². The molecular formula is C19H23Cl2N3O3S. The molecule has 28 heavy (non-hydrogen) atoms. The zero-order valence-corrected chi connectivity index (χ0v) is 18.0. The Morgan fingerprint density at radius 3 is 2.29 bits per heavy atom. The van der Waals surface area contributed by atoms with Crippen LogP contribution in [-0.2, 0) is 10.0 Å². The second-order valence-electron chi connectivity index (χ2n) is 6.04. The first kappa shape index (κ1) is 22.5. The van der Waals surface area contributed by atoms with Crippen molar-refractivity contribution in [1.82, 2.24) is 10.2 Å². The molecule has 0 fully saturated rings. The van der Waals surface area contributed by atoms with Crippen LogP contribution in [0.3, 0.4) is 0 Å². The zero-order valence-electron chi connectivity index (χ0n) is 15.7. The van der Waals surface area contributed by atoms with Crippen LogP contribution in [0, 0.1) is 0 Å². The van der Waals surface area contributed by atoms with Gasteiger partial charge >= 0.3 is 0 Å². The summed E-state index contributed by atoms with van der Waals surface area (Å²) in [6, 6.07) is 10.4. The Hall–Kier alpha value is -1.80. The van der Waals surface area contributed by atoms with E-state index >= 15 is 0 Å². The number of amides is 1. The molecule has 6 nitrogen and oxygen atoms in total. The summed E-state index contributed by atoms with van der Waals surface area (Å²) in [4.78, 5) is 14.3. The Labute approximate surface area is 175 Å². The SMILES string of the molecule is CCN(CC)CCNC(=O)c1ccc(NS(=O)(=O)c2cc(Cl)ccc2Cl)cc1. The molecule has 0 aliphatic rings. The van der Waals surface area contributed by atoms with Gasteiger partial charge < -0.3 is 10.2 Å². The molecule has 9 heteroatoms. The summed E-state index contributed by atoms with van der Waals surface area (Å²) >= 11 is 11.8. The van der Waals surface area contributed by atoms with E-state index in [1.54, 1.807) is 12.1 Å². The van der Waals surface area contributed by atoms with E-state index in [1.165, 1.54) is 30.3 Å². The number of nitrogens with one attached hydrogen (secondary N) is 2. The molecule has 0 bridgehead atoms. The van der Waals surface area contributed by atoms with E-state index in [4.69, 9.17) is 23.2 Å². The molecule has 2 aromatic rings. The van der Waals surface area contributed by atoms with Gasteiger partial charge in [-0.3, -0.25) is 9.52 Å². The van der Waals surface area contributed by atoms with Crippen molar-refractivity contribution < 1.29 is 13.2 Å². The fraction of sp³-hybridized carbons (Fsp3) is 0.316. The molecule has 0 aliphatic heterocycles. The van der Waals surface area contributed by atoms with E-state index in [-0.39, 0.29) is 20.8 Å². The highest BCUT2D eigenvalue weighted by Gasteiger charge is 2.19. The normalized spacial score (nSPS) is 11.5. The fourth-order valence-electron chi connectivity index (χ4n) is 2.55. The monoisotopic (exact) mass is 443 g/mol. The van der Waals surface area contributed by atoms with Gasteiger partial charge in [0.2, 0.25) is 0 Å². The molecule has 0 saturated carbocycles. The summed E-state index contributed by atoms with van der Waals surface area (Å²) in [7, 11) is -3.90. The average molecular weight is 444 g/mol. The molecule has 2 rings (SSSR count). The van der Waals surface area contributed by atoms with Gasteiger partial charge in [-0.25, -0.2) is 8.42 Å². The number of anilines is 1. The molecule has 2 N–H and O–H groups in total. The Kier molecular flexibility index (Phi) is 8.12. The molecule has 0 aromatic heterocycles. The standard InChI is InChI=1S/C19H23Cl2N3O3S/c1-3-24(4-2)12-11-22-19(25)14-5-8-16(9-6-14)23-28(26,27)18-13-15(20)7-10-17(18)21/h5-10,13,23H,3-4,11-12H2,1-2H3,(H,22,25). The first-order chi connectivity index (χ1) is 13.3. The summed E-state index contributed by atoms with van der Waals surface area (Å²) in [6.07, 6.45) is 0. The lowest BCUT2D eigenvalue weighted by molar-refractivity contribution is 0.0949. The number of carbonyl (C=O) groups excluding carboxylic acids is 1. The van der Waals surface area contributed by atoms with Gasteiger partial charge in [-0.1, -0.05) is 37.0 Å². The largest absolute Gasteiger partial charge is 0.351 e. The van der Waals surface area contributed by atoms with Crippen LogP contribution in [0.25, 0.3) is 0 Å². The van der Waals surface area contributed by atoms with Crippen molar-refractivity contribution in [3.05, 3.63) is 58.1 Å². The molecule has 0 saturated heterocycles. The first-order valence-corrected chi connectivity index (χ1v) is 11.1. The minimum Gasteiger partial charge on any atom is -0.351 e. The van der Waals surface area contributed by atoms with Crippen LogP contribution in [0.1, 0.15) is 24.2 Å². The zero-order chi connectivity index (χ0) is 20.7. The maximum absolute atomic E-state index is 12.5. The highest BCUT2D eigenvalue weighted by molar-refractivity contribution is 7.92. The highest BCUT2D eigenvalue weighted by atomic mass is 35.5. The second kappa shape index (κ2) is 10.1. The number of carbonyl (C=O) groups is 1. The van der Waals surface area contributed by atoms with Crippen LogP contribution < -0.4 is 10.0 Å². The fourth-order valence-corrected chi connectivity index (χ4v) is 4.37. The number of nitrogens with zero attached hydrogens (tertiary/aromatic N) is 1. The van der Waals surface area contributed by atoms with Crippen LogP contribution >= 0.6 is 23.2 Å². The van der Waals surface area contributed by atoms with E-state index in [1.807, 2.05) is 0 Å². The lowest BCUT2D eigenvalue weighted by Crippen LogP contribution is -2.34. The molecule has 0 atom stereocenters. The van der Waals surface area contributed by atoms with Gasteiger partial charge in [0, 0.05) is 29.4 Å². The number of likely N-dealkylation sites (N-methyl/N-ethyl adjacent to an activating group) is 1. The molecule has 152 valence electrons. The average Bonchev–Trinajstić information content (AvgIpc) is 2.67. The molecule has 2 aromatic carbocycles. The van der Waals surface area contributed by atoms with Gasteiger partial charge in [0.15, 0.2) is 0 Å². The second-order valence-corrected chi connectivity index (χ2v) is 8.53. The number of sulfonamides is 1. The van der Waals surface area contributed by atoms with E-state index in [0.717, 1.165) is 19.6 Å². The lowest BCUT2D eigenvalue weighted by atomic mass is 10.2. The van der Waals surface area contributed by atoms with Crippen LogP contribution in [0.15, 0.2) is 47.4 Å². The maximum Gasteiger partial charge on any atom is 0.263 e. The number of benzene rings is 2. The van der Waals surface area contributed by atoms with E-state index in [2.05, 4.69) is 28.8 Å². The Morgan fingerprint density at radius 1 is 1.04 bits per heavy atom. The van der Waals surface area contributed by atoms with Crippen molar-refractivity contribution in [2.45, 2.75) is 18.7 Å². The van der Waals surface area contributed by atoms with Gasteiger partial charge in [0.25, 0.3) is 15.9 Å². The molecule has 1 amide bonds. The quantitative estimate of drug-likeness (QED) is 0.616. The number of halogens is 2. The third-order valence-electron chi connectivity index (χ3n) is 4.19. The highest BCUT2D eigenvalue weighted by Crippen LogP contribution is 2.26. The summed E-state index contributed by atoms with van der Waals surface area (Å²) in [5, 5.41) is 3.19. The summed E-state index contributed by atoms with van der Waals surface area (Å²) < 4.78 is 27.5. The summed E-state index contributed by atoms with van der Waals surface area (Å²) in [6.45, 7) is 7.32. The van der Waals surface area contributed by atoms with Crippen molar-refractivity contribution >= 4 is 44.8 Å². The summed E-state index contributed by atoms with van der Waals surface area (Å²) in [5.74, 6) is -0.209. The minimum atomic E-state index is -3.90. The molecule has 0 radical (unpaired) electrons. The molecule has 0 heterocycles. The molecule has 0 aliphatic carbocycles. The predicted octanol–water partition coefficient (Wildman–Crippen LogP) is 3.87. The number of rotatable bonds is 9. The van der Waals surface area contributed by atoms with Crippen LogP contribution in [-0.4, -0.2) is 45.4 Å². The van der Waals surface area contributed by atoms with E-state index in [9.17, 15) is 13.2 Å². The van der Waals surface area contributed by atoms with Gasteiger partial charge in [-0.2, -0.15) is 0 Å². The third kappa shape index (κ3) is 6.10. The van der Waals surface area contributed by atoms with E-state index in [0.29, 0.717) is 17.8 Å². The smallest absolute Gasteiger partial charge is 0.263 e. The predicted molar refractivity (Wildman–Crippen MR) is 114 cm³/mol. The Balaban J connectivity index is 2.02. The third-order valence-corrected chi connectivity index (χ3v) is 6.29.